The molecule has 0 saturated heterocycles. The fraction of sp³-hybridized carbons (Fsp3) is 0.143. The number of aliphatic hydroxyl groups is 1. The number of rotatable bonds is 4. The van der Waals surface area contributed by atoms with E-state index in [1.54, 1.807) is 18.2 Å². The lowest BCUT2D eigenvalue weighted by atomic mass is 10.1. The number of hydrogen-bond acceptors (Lipinski definition) is 2. The highest BCUT2D eigenvalue weighted by Crippen LogP contribution is 2.26. The first-order valence-corrected chi connectivity index (χ1v) is 6.54. The molecule has 2 aromatic carbocycles. The monoisotopic (exact) mass is 317 g/mol. The summed E-state index contributed by atoms with van der Waals surface area (Å²) < 4.78 is 26.0. The van der Waals surface area contributed by atoms with Crippen molar-refractivity contribution in [3.63, 3.8) is 0 Å². The molecule has 1 unspecified atom stereocenters. The molecule has 0 aromatic heterocycles. The molecule has 6 heteroatoms. The molecule has 0 saturated carbocycles. The lowest BCUT2D eigenvalue weighted by Gasteiger charge is -2.15. The van der Waals surface area contributed by atoms with Crippen molar-refractivity contribution in [1.29, 1.82) is 0 Å². The lowest BCUT2D eigenvalue weighted by molar-refractivity contribution is 0.191. The van der Waals surface area contributed by atoms with Crippen molar-refractivity contribution in [2.75, 3.05) is 11.9 Å². The maximum Gasteiger partial charge on any atom is 0.128 e. The maximum atomic E-state index is 13.0. The molecule has 0 fully saturated rings. The smallest absolute Gasteiger partial charge is 0.128 e. The van der Waals surface area contributed by atoms with E-state index in [9.17, 15) is 13.9 Å². The summed E-state index contributed by atoms with van der Waals surface area (Å²) >= 11 is 11.8. The van der Waals surface area contributed by atoms with Gasteiger partial charge >= 0.3 is 0 Å². The molecule has 2 aromatic rings. The Morgan fingerprint density at radius 3 is 2.35 bits per heavy atom. The highest BCUT2D eigenvalue weighted by Gasteiger charge is 2.12. The lowest BCUT2D eigenvalue weighted by Crippen LogP contribution is -2.12. The van der Waals surface area contributed by atoms with Crippen molar-refractivity contribution in [2.24, 2.45) is 0 Å². The second-order valence-electron chi connectivity index (χ2n) is 4.22. The molecule has 0 amide bonds. The number of aliphatic hydroxyl groups excluding tert-OH is 1. The summed E-state index contributed by atoms with van der Waals surface area (Å²) in [4.78, 5) is 0. The number of benzene rings is 2. The summed E-state index contributed by atoms with van der Waals surface area (Å²) in [5.41, 5.74) is 0.684. The minimum absolute atomic E-state index is 0.0446. The van der Waals surface area contributed by atoms with E-state index in [1.807, 2.05) is 0 Å². The van der Waals surface area contributed by atoms with Gasteiger partial charge in [-0.05, 0) is 30.3 Å². The minimum atomic E-state index is -0.951. The fourth-order valence-electron chi connectivity index (χ4n) is 1.75. The average Bonchev–Trinajstić information content (AvgIpc) is 2.38. The third kappa shape index (κ3) is 3.82. The summed E-state index contributed by atoms with van der Waals surface area (Å²) in [5, 5.41) is 13.6. The first-order valence-electron chi connectivity index (χ1n) is 5.78. The third-order valence-electron chi connectivity index (χ3n) is 2.68. The second-order valence-corrected chi connectivity index (χ2v) is 5.06. The van der Waals surface area contributed by atoms with Gasteiger partial charge in [0.1, 0.15) is 11.6 Å². The predicted octanol–water partition coefficient (Wildman–Crippen LogP) is 4.42. The van der Waals surface area contributed by atoms with Crippen LogP contribution >= 0.6 is 23.2 Å². The maximum absolute atomic E-state index is 13.0. The van der Waals surface area contributed by atoms with Gasteiger partial charge in [-0.3, -0.25) is 0 Å². The highest BCUT2D eigenvalue weighted by molar-refractivity contribution is 6.33. The third-order valence-corrected chi connectivity index (χ3v) is 3.26. The van der Waals surface area contributed by atoms with Gasteiger partial charge in [0.25, 0.3) is 0 Å². The van der Waals surface area contributed by atoms with Crippen molar-refractivity contribution in [3.05, 3.63) is 63.6 Å². The van der Waals surface area contributed by atoms with E-state index in [2.05, 4.69) is 5.32 Å². The van der Waals surface area contributed by atoms with Crippen LogP contribution in [0.15, 0.2) is 36.4 Å². The van der Waals surface area contributed by atoms with Crippen LogP contribution in [-0.4, -0.2) is 11.7 Å². The molecule has 2 rings (SSSR count). The van der Waals surface area contributed by atoms with Gasteiger partial charge in [0.2, 0.25) is 0 Å². The summed E-state index contributed by atoms with van der Waals surface area (Å²) in [7, 11) is 0. The van der Waals surface area contributed by atoms with Gasteiger partial charge in [0.15, 0.2) is 0 Å². The first-order chi connectivity index (χ1) is 9.45. The van der Waals surface area contributed by atoms with Gasteiger partial charge in [-0.25, -0.2) is 8.78 Å². The van der Waals surface area contributed by atoms with Gasteiger partial charge in [-0.2, -0.15) is 0 Å². The van der Waals surface area contributed by atoms with Crippen LogP contribution in [0, 0.1) is 11.6 Å². The molecule has 2 N–H and O–H groups in total. The predicted molar refractivity (Wildman–Crippen MR) is 76.3 cm³/mol. The molecule has 2 nitrogen and oxygen atoms in total. The van der Waals surface area contributed by atoms with Crippen molar-refractivity contribution >= 4 is 28.9 Å². The largest absolute Gasteiger partial charge is 0.387 e. The van der Waals surface area contributed by atoms with Crippen LogP contribution in [0.4, 0.5) is 14.5 Å². The Hall–Kier alpha value is -1.36. The van der Waals surface area contributed by atoms with E-state index < -0.39 is 17.7 Å². The van der Waals surface area contributed by atoms with Crippen LogP contribution in [0.3, 0.4) is 0 Å². The zero-order valence-corrected chi connectivity index (χ0v) is 11.7. The highest BCUT2D eigenvalue weighted by atomic mass is 35.5. The van der Waals surface area contributed by atoms with Gasteiger partial charge in [-0.1, -0.05) is 23.2 Å². The molecule has 0 aliphatic heterocycles. The Balaban J connectivity index is 2.08. The normalized spacial score (nSPS) is 12.2. The van der Waals surface area contributed by atoms with E-state index in [1.165, 1.54) is 0 Å². The molecule has 0 aliphatic carbocycles. The summed E-state index contributed by atoms with van der Waals surface area (Å²) in [5.74, 6) is -1.38. The summed E-state index contributed by atoms with van der Waals surface area (Å²) in [6.45, 7) is 0.0446. The number of nitrogens with one attached hydrogen (secondary N) is 1. The Morgan fingerprint density at radius 2 is 1.70 bits per heavy atom. The molecule has 1 atom stereocenters. The van der Waals surface area contributed by atoms with Crippen LogP contribution in [0.5, 0.6) is 0 Å². The van der Waals surface area contributed by atoms with Gasteiger partial charge in [0.05, 0.1) is 6.10 Å². The molecule has 0 heterocycles. The van der Waals surface area contributed by atoms with Crippen molar-refractivity contribution in [1.82, 2.24) is 0 Å². The Labute approximate surface area is 125 Å². The zero-order valence-electron chi connectivity index (χ0n) is 10.2. The quantitative estimate of drug-likeness (QED) is 0.875. The molecule has 0 spiro atoms. The van der Waals surface area contributed by atoms with Crippen LogP contribution < -0.4 is 5.32 Å². The SMILES string of the molecule is OC(CNc1cc(F)cc(F)c1)c1cc(Cl)ccc1Cl. The van der Waals surface area contributed by atoms with Crippen molar-refractivity contribution in [3.8, 4) is 0 Å². The Kier molecular flexibility index (Phi) is 4.81. The van der Waals surface area contributed by atoms with E-state index in [-0.39, 0.29) is 12.2 Å². The van der Waals surface area contributed by atoms with E-state index >= 15 is 0 Å². The van der Waals surface area contributed by atoms with Gasteiger partial charge in [0, 0.05) is 33.9 Å². The number of halogens is 4. The van der Waals surface area contributed by atoms with Crippen molar-refractivity contribution in [2.45, 2.75) is 6.10 Å². The summed E-state index contributed by atoms with van der Waals surface area (Å²) in [6, 6.07) is 7.77. The fourth-order valence-corrected chi connectivity index (χ4v) is 2.17. The molecule has 0 aliphatic rings. The molecule has 20 heavy (non-hydrogen) atoms. The minimum Gasteiger partial charge on any atom is -0.387 e. The van der Waals surface area contributed by atoms with Crippen molar-refractivity contribution < 1.29 is 13.9 Å². The Bertz CT molecular complexity index is 602. The molecule has 106 valence electrons. The average molecular weight is 318 g/mol. The second kappa shape index (κ2) is 6.39. The van der Waals surface area contributed by atoms with Gasteiger partial charge < -0.3 is 10.4 Å². The number of anilines is 1. The van der Waals surface area contributed by atoms with E-state index in [4.69, 9.17) is 23.2 Å². The molecule has 0 radical (unpaired) electrons. The molecular weight excluding hydrogens is 307 g/mol. The zero-order chi connectivity index (χ0) is 14.7. The van der Waals surface area contributed by atoms with Crippen LogP contribution in [0.2, 0.25) is 10.0 Å². The van der Waals surface area contributed by atoms with E-state index in [0.717, 1.165) is 18.2 Å². The number of hydrogen-bond donors (Lipinski definition) is 2. The van der Waals surface area contributed by atoms with Crippen LogP contribution in [-0.2, 0) is 0 Å². The van der Waals surface area contributed by atoms with Crippen LogP contribution in [0.25, 0.3) is 0 Å². The van der Waals surface area contributed by atoms with E-state index in [0.29, 0.717) is 15.6 Å². The topological polar surface area (TPSA) is 32.3 Å². The van der Waals surface area contributed by atoms with Crippen LogP contribution in [0.1, 0.15) is 11.7 Å². The van der Waals surface area contributed by atoms with Gasteiger partial charge in [-0.15, -0.1) is 0 Å². The standard InChI is InChI=1S/C14H11Cl2F2NO/c15-8-1-2-13(16)12(3-8)14(20)7-19-11-5-9(17)4-10(18)6-11/h1-6,14,19-20H,7H2. The summed E-state index contributed by atoms with van der Waals surface area (Å²) in [6.07, 6.45) is -0.951. The molecule has 0 bridgehead atoms. The molecular formula is C14H11Cl2F2NO. The first kappa shape index (κ1) is 15.0. The Morgan fingerprint density at radius 1 is 1.05 bits per heavy atom.